The lowest BCUT2D eigenvalue weighted by Gasteiger charge is -2.30. The Bertz CT molecular complexity index is 726. The van der Waals surface area contributed by atoms with Gasteiger partial charge in [-0.05, 0) is 24.0 Å². The predicted octanol–water partition coefficient (Wildman–Crippen LogP) is 3.51. The molecule has 0 aliphatic heterocycles. The van der Waals surface area contributed by atoms with Gasteiger partial charge in [0, 0.05) is 13.0 Å². The fourth-order valence-electron chi connectivity index (χ4n) is 2.63. The Kier molecular flexibility index (Phi) is 5.81. The lowest BCUT2D eigenvalue weighted by atomic mass is 9.90. The molecule has 1 aliphatic rings. The van der Waals surface area contributed by atoms with Crippen molar-refractivity contribution in [3.63, 3.8) is 0 Å². The average Bonchev–Trinajstić information content (AvgIpc) is 2.56. The first kappa shape index (κ1) is 17.5. The Balaban J connectivity index is 2.24. The second kappa shape index (κ2) is 7.63. The number of sulfonamides is 1. The van der Waals surface area contributed by atoms with E-state index in [9.17, 15) is 8.42 Å². The summed E-state index contributed by atoms with van der Waals surface area (Å²) in [4.78, 5) is 0. The minimum absolute atomic E-state index is 0.170. The van der Waals surface area contributed by atoms with Crippen LogP contribution in [-0.2, 0) is 10.0 Å². The summed E-state index contributed by atoms with van der Waals surface area (Å²) in [7, 11) is -3.51. The van der Waals surface area contributed by atoms with Crippen LogP contribution in [0.2, 0.25) is 0 Å². The fraction of sp³-hybridized carbons (Fsp3) is 0.368. The summed E-state index contributed by atoms with van der Waals surface area (Å²) >= 11 is 0. The van der Waals surface area contributed by atoms with Crippen molar-refractivity contribution in [2.24, 2.45) is 0 Å². The maximum Gasteiger partial charge on any atom is 0.222 e. The molecule has 0 spiro atoms. The van der Waals surface area contributed by atoms with Crippen LogP contribution in [0.5, 0.6) is 0 Å². The van der Waals surface area contributed by atoms with Gasteiger partial charge >= 0.3 is 0 Å². The molecule has 0 bridgehead atoms. The molecule has 4 heteroatoms. The highest BCUT2D eigenvalue weighted by molar-refractivity contribution is 7.91. The highest BCUT2D eigenvalue weighted by atomic mass is 32.2. The van der Waals surface area contributed by atoms with E-state index < -0.39 is 14.8 Å². The molecule has 0 amide bonds. The molecule has 0 fully saturated rings. The van der Waals surface area contributed by atoms with Gasteiger partial charge in [0.05, 0.1) is 0 Å². The summed E-state index contributed by atoms with van der Waals surface area (Å²) in [6.07, 6.45) is 13.4. The van der Waals surface area contributed by atoms with Crippen molar-refractivity contribution in [2.75, 3.05) is 6.54 Å². The maximum absolute atomic E-state index is 12.7. The van der Waals surface area contributed by atoms with Crippen LogP contribution in [0.4, 0.5) is 0 Å². The molecule has 0 radical (unpaired) electrons. The van der Waals surface area contributed by atoms with E-state index in [0.717, 1.165) is 24.0 Å². The Morgan fingerprint density at radius 3 is 2.61 bits per heavy atom. The first-order valence-electron chi connectivity index (χ1n) is 7.92. The van der Waals surface area contributed by atoms with Gasteiger partial charge in [-0.3, -0.25) is 0 Å². The largest absolute Gasteiger partial charge is 0.222 e. The van der Waals surface area contributed by atoms with Crippen LogP contribution >= 0.6 is 0 Å². The first-order valence-corrected chi connectivity index (χ1v) is 9.40. The number of benzene rings is 1. The maximum atomic E-state index is 12.7. The molecule has 1 aromatic rings. The van der Waals surface area contributed by atoms with Crippen LogP contribution in [0, 0.1) is 12.3 Å². The van der Waals surface area contributed by atoms with Crippen LogP contribution < -0.4 is 4.72 Å². The predicted molar refractivity (Wildman–Crippen MR) is 96.2 cm³/mol. The third-order valence-corrected chi connectivity index (χ3v) is 6.20. The van der Waals surface area contributed by atoms with Crippen LogP contribution in [0.15, 0.2) is 48.6 Å². The van der Waals surface area contributed by atoms with Crippen molar-refractivity contribution in [3.05, 3.63) is 54.1 Å². The monoisotopic (exact) mass is 329 g/mol. The summed E-state index contributed by atoms with van der Waals surface area (Å²) in [6, 6.07) is 9.92. The van der Waals surface area contributed by atoms with Crippen LogP contribution in [0.3, 0.4) is 0 Å². The zero-order valence-corrected chi connectivity index (χ0v) is 14.3. The third-order valence-electron chi connectivity index (χ3n) is 4.10. The van der Waals surface area contributed by atoms with Gasteiger partial charge in [0.2, 0.25) is 10.0 Å². The smallest absolute Gasteiger partial charge is 0.214 e. The zero-order chi connectivity index (χ0) is 16.8. The van der Waals surface area contributed by atoms with Crippen molar-refractivity contribution in [1.82, 2.24) is 4.72 Å². The molecule has 0 saturated carbocycles. The van der Waals surface area contributed by atoms with E-state index in [1.165, 1.54) is 0 Å². The van der Waals surface area contributed by atoms with Gasteiger partial charge in [0.1, 0.15) is 4.75 Å². The normalized spacial score (nSPS) is 20.8. The molecule has 3 nitrogen and oxygen atoms in total. The van der Waals surface area contributed by atoms with Gasteiger partial charge in [-0.15, -0.1) is 12.3 Å². The van der Waals surface area contributed by atoms with Crippen molar-refractivity contribution >= 4 is 15.6 Å². The van der Waals surface area contributed by atoms with Crippen molar-refractivity contribution in [1.29, 1.82) is 0 Å². The van der Waals surface area contributed by atoms with E-state index >= 15 is 0 Å². The Morgan fingerprint density at radius 2 is 2.04 bits per heavy atom. The molecular weight excluding hydrogens is 306 g/mol. The van der Waals surface area contributed by atoms with Gasteiger partial charge in [-0.25, -0.2) is 13.1 Å². The van der Waals surface area contributed by atoms with Gasteiger partial charge in [0.15, 0.2) is 0 Å². The minimum Gasteiger partial charge on any atom is -0.214 e. The standard InChI is InChI=1S/C19H23NO2S/c1-3-5-16-20-23(21,22)19(13-4-2)14-11-18(12-15-19)17-9-7-6-8-10-17/h2,6-12,14,20H,3,5,13,15-16H2,1H3. The molecule has 0 heterocycles. The van der Waals surface area contributed by atoms with Crippen LogP contribution in [-0.4, -0.2) is 19.7 Å². The molecule has 1 aliphatic carbocycles. The lowest BCUT2D eigenvalue weighted by molar-refractivity contribution is 0.536. The Morgan fingerprint density at radius 1 is 1.30 bits per heavy atom. The Hall–Kier alpha value is -1.83. The Labute approximate surface area is 139 Å². The molecule has 1 N–H and O–H groups in total. The molecule has 0 aromatic heterocycles. The number of terminal acetylenes is 1. The van der Waals surface area contributed by atoms with E-state index in [2.05, 4.69) is 10.6 Å². The number of nitrogens with one attached hydrogen (secondary N) is 1. The molecule has 1 unspecified atom stereocenters. The highest BCUT2D eigenvalue weighted by Crippen LogP contribution is 2.34. The highest BCUT2D eigenvalue weighted by Gasteiger charge is 2.41. The molecule has 23 heavy (non-hydrogen) atoms. The summed E-state index contributed by atoms with van der Waals surface area (Å²) in [6.45, 7) is 2.48. The number of allylic oxidation sites excluding steroid dienone is 3. The topological polar surface area (TPSA) is 46.2 Å². The minimum atomic E-state index is -3.51. The van der Waals surface area contributed by atoms with Crippen LogP contribution in [0.1, 0.15) is 38.2 Å². The lowest BCUT2D eigenvalue weighted by Crippen LogP contribution is -2.45. The summed E-state index contributed by atoms with van der Waals surface area (Å²) in [5, 5.41) is 0. The molecular formula is C19H23NO2S. The fourth-order valence-corrected chi connectivity index (χ4v) is 4.15. The van der Waals surface area contributed by atoms with Crippen LogP contribution in [0.25, 0.3) is 5.57 Å². The van der Waals surface area contributed by atoms with Gasteiger partial charge in [-0.2, -0.15) is 0 Å². The van der Waals surface area contributed by atoms with Gasteiger partial charge in [0.25, 0.3) is 0 Å². The summed E-state index contributed by atoms with van der Waals surface area (Å²) in [5.41, 5.74) is 2.11. The molecule has 1 atom stereocenters. The number of hydrogen-bond donors (Lipinski definition) is 1. The summed E-state index contributed by atoms with van der Waals surface area (Å²) < 4.78 is 27.1. The first-order chi connectivity index (χ1) is 11.0. The number of hydrogen-bond acceptors (Lipinski definition) is 2. The van der Waals surface area contributed by atoms with Gasteiger partial charge in [-0.1, -0.05) is 61.9 Å². The van der Waals surface area contributed by atoms with Crippen molar-refractivity contribution in [3.8, 4) is 12.3 Å². The van der Waals surface area contributed by atoms with Gasteiger partial charge < -0.3 is 0 Å². The molecule has 0 saturated heterocycles. The van der Waals surface area contributed by atoms with E-state index in [-0.39, 0.29) is 6.42 Å². The van der Waals surface area contributed by atoms with E-state index in [0.29, 0.717) is 13.0 Å². The van der Waals surface area contributed by atoms with E-state index in [1.54, 1.807) is 6.08 Å². The van der Waals surface area contributed by atoms with Crippen molar-refractivity contribution in [2.45, 2.75) is 37.4 Å². The number of rotatable bonds is 7. The van der Waals surface area contributed by atoms with E-state index in [4.69, 9.17) is 6.42 Å². The average molecular weight is 329 g/mol. The zero-order valence-electron chi connectivity index (χ0n) is 13.5. The molecule has 2 rings (SSSR count). The summed E-state index contributed by atoms with van der Waals surface area (Å²) in [5.74, 6) is 2.53. The third kappa shape index (κ3) is 3.93. The second-order valence-corrected chi connectivity index (χ2v) is 7.87. The molecule has 122 valence electrons. The van der Waals surface area contributed by atoms with Crippen molar-refractivity contribution < 1.29 is 8.42 Å². The SMILES string of the molecule is C#CCC1(S(=O)(=O)NCCCC)C=CC(c2ccccc2)=CC1. The number of unbranched alkanes of at least 4 members (excludes halogenated alkanes) is 1. The van der Waals surface area contributed by atoms with E-state index in [1.807, 2.05) is 49.4 Å². The quantitative estimate of drug-likeness (QED) is 0.614. The second-order valence-electron chi connectivity index (χ2n) is 5.76. The molecule has 1 aromatic carbocycles.